The Morgan fingerprint density at radius 1 is 1.50 bits per heavy atom. The molecule has 0 spiro atoms. The van der Waals surface area contributed by atoms with Gasteiger partial charge in [-0.05, 0) is 31.9 Å². The topological polar surface area (TPSA) is 40.2 Å². The molecule has 0 saturated carbocycles. The summed E-state index contributed by atoms with van der Waals surface area (Å²) in [5.74, 6) is 0. The Bertz CT molecular complexity index is 256. The van der Waals surface area contributed by atoms with Gasteiger partial charge in [0.15, 0.2) is 0 Å². The van der Waals surface area contributed by atoms with Crippen molar-refractivity contribution in [2.75, 3.05) is 13.7 Å². The lowest BCUT2D eigenvalue weighted by molar-refractivity contribution is 0.191. The quantitative estimate of drug-likeness (QED) is 0.706. The third-order valence-electron chi connectivity index (χ3n) is 2.33. The van der Waals surface area contributed by atoms with Crippen LogP contribution in [0.25, 0.3) is 0 Å². The van der Waals surface area contributed by atoms with Gasteiger partial charge in [-0.15, -0.1) is 0 Å². The van der Waals surface area contributed by atoms with Crippen LogP contribution in [0.4, 0.5) is 0 Å². The van der Waals surface area contributed by atoms with Gasteiger partial charge in [-0.2, -0.15) is 0 Å². The molecule has 0 saturated heterocycles. The van der Waals surface area contributed by atoms with E-state index in [0.717, 1.165) is 26.0 Å². The SMILES string of the molecule is COCCCCn1cccc1C(C)N. The molecule has 0 aliphatic rings. The fourth-order valence-electron chi connectivity index (χ4n) is 1.57. The second kappa shape index (κ2) is 5.83. The van der Waals surface area contributed by atoms with E-state index >= 15 is 0 Å². The molecule has 3 heteroatoms. The van der Waals surface area contributed by atoms with E-state index in [1.165, 1.54) is 5.69 Å². The number of unbranched alkanes of at least 4 members (excludes halogenated alkanes) is 1. The molecule has 2 N–H and O–H groups in total. The van der Waals surface area contributed by atoms with E-state index in [2.05, 4.69) is 22.9 Å². The fraction of sp³-hybridized carbons (Fsp3) is 0.636. The fourth-order valence-corrected chi connectivity index (χ4v) is 1.57. The lowest BCUT2D eigenvalue weighted by Crippen LogP contribution is -2.12. The minimum Gasteiger partial charge on any atom is -0.385 e. The van der Waals surface area contributed by atoms with Crippen LogP contribution in [-0.4, -0.2) is 18.3 Å². The number of rotatable bonds is 6. The van der Waals surface area contributed by atoms with E-state index in [1.54, 1.807) is 7.11 Å². The van der Waals surface area contributed by atoms with Crippen LogP contribution in [0.5, 0.6) is 0 Å². The molecule has 0 aliphatic carbocycles. The van der Waals surface area contributed by atoms with Crippen LogP contribution in [0.3, 0.4) is 0 Å². The zero-order valence-corrected chi connectivity index (χ0v) is 9.07. The van der Waals surface area contributed by atoms with E-state index in [0.29, 0.717) is 0 Å². The predicted octanol–water partition coefficient (Wildman–Crippen LogP) is 1.93. The van der Waals surface area contributed by atoms with E-state index in [9.17, 15) is 0 Å². The minimum atomic E-state index is 0.118. The summed E-state index contributed by atoms with van der Waals surface area (Å²) in [5.41, 5.74) is 7.05. The summed E-state index contributed by atoms with van der Waals surface area (Å²) in [6, 6.07) is 4.25. The van der Waals surface area contributed by atoms with Crippen LogP contribution in [-0.2, 0) is 11.3 Å². The Labute approximate surface area is 85.9 Å². The van der Waals surface area contributed by atoms with Crippen molar-refractivity contribution in [3.05, 3.63) is 24.0 Å². The number of hydrogen-bond acceptors (Lipinski definition) is 2. The first-order valence-electron chi connectivity index (χ1n) is 5.15. The third kappa shape index (κ3) is 3.16. The van der Waals surface area contributed by atoms with E-state index in [1.807, 2.05) is 6.92 Å². The van der Waals surface area contributed by atoms with Crippen molar-refractivity contribution >= 4 is 0 Å². The van der Waals surface area contributed by atoms with Crippen LogP contribution in [0.2, 0.25) is 0 Å². The summed E-state index contributed by atoms with van der Waals surface area (Å²) in [6.45, 7) is 3.89. The highest BCUT2D eigenvalue weighted by molar-refractivity contribution is 5.10. The molecule has 3 nitrogen and oxygen atoms in total. The van der Waals surface area contributed by atoms with E-state index < -0.39 is 0 Å². The summed E-state index contributed by atoms with van der Waals surface area (Å²) in [5, 5.41) is 0. The van der Waals surface area contributed by atoms with Crippen LogP contribution < -0.4 is 5.73 Å². The van der Waals surface area contributed by atoms with Crippen LogP contribution in [0.1, 0.15) is 31.5 Å². The predicted molar refractivity (Wildman–Crippen MR) is 58.1 cm³/mol. The lowest BCUT2D eigenvalue weighted by atomic mass is 10.2. The van der Waals surface area contributed by atoms with Crippen molar-refractivity contribution in [3.63, 3.8) is 0 Å². The van der Waals surface area contributed by atoms with E-state index in [4.69, 9.17) is 10.5 Å². The summed E-state index contributed by atoms with van der Waals surface area (Å²) in [7, 11) is 1.74. The number of nitrogens with two attached hydrogens (primary N) is 1. The van der Waals surface area contributed by atoms with Gasteiger partial charge in [0.25, 0.3) is 0 Å². The molecule has 1 aromatic heterocycles. The zero-order chi connectivity index (χ0) is 10.4. The van der Waals surface area contributed by atoms with Crippen molar-refractivity contribution in [2.24, 2.45) is 5.73 Å². The maximum absolute atomic E-state index is 5.84. The maximum atomic E-state index is 5.84. The largest absolute Gasteiger partial charge is 0.385 e. The van der Waals surface area contributed by atoms with Gasteiger partial charge in [-0.3, -0.25) is 0 Å². The molecule has 0 amide bonds. The average Bonchev–Trinajstić information content (AvgIpc) is 2.60. The summed E-state index contributed by atoms with van der Waals surface area (Å²) < 4.78 is 7.23. The number of ether oxygens (including phenoxy) is 1. The second-order valence-electron chi connectivity index (χ2n) is 3.62. The minimum absolute atomic E-state index is 0.118. The molecule has 1 rings (SSSR count). The van der Waals surface area contributed by atoms with Crippen LogP contribution >= 0.6 is 0 Å². The van der Waals surface area contributed by atoms with Gasteiger partial charge in [0.2, 0.25) is 0 Å². The smallest absolute Gasteiger partial charge is 0.0462 e. The van der Waals surface area contributed by atoms with Gasteiger partial charge < -0.3 is 15.0 Å². The van der Waals surface area contributed by atoms with Crippen LogP contribution in [0.15, 0.2) is 18.3 Å². The molecule has 0 radical (unpaired) electrons. The molecule has 1 atom stereocenters. The maximum Gasteiger partial charge on any atom is 0.0462 e. The molecular formula is C11H20N2O. The van der Waals surface area contributed by atoms with Crippen molar-refractivity contribution < 1.29 is 4.74 Å². The van der Waals surface area contributed by atoms with Crippen molar-refractivity contribution in [3.8, 4) is 0 Å². The molecular weight excluding hydrogens is 176 g/mol. The third-order valence-corrected chi connectivity index (χ3v) is 2.33. The molecule has 0 fully saturated rings. The summed E-state index contributed by atoms with van der Waals surface area (Å²) in [4.78, 5) is 0. The van der Waals surface area contributed by atoms with Crippen molar-refractivity contribution in [1.29, 1.82) is 0 Å². The Balaban J connectivity index is 2.38. The molecule has 1 aromatic rings. The Morgan fingerprint density at radius 2 is 2.29 bits per heavy atom. The molecule has 0 aromatic carbocycles. The molecule has 1 unspecified atom stereocenters. The van der Waals surface area contributed by atoms with Crippen molar-refractivity contribution in [2.45, 2.75) is 32.4 Å². The first kappa shape index (κ1) is 11.3. The van der Waals surface area contributed by atoms with Gasteiger partial charge in [-0.25, -0.2) is 0 Å². The number of hydrogen-bond donors (Lipinski definition) is 1. The first-order chi connectivity index (χ1) is 6.75. The van der Waals surface area contributed by atoms with Gasteiger partial charge in [0.1, 0.15) is 0 Å². The van der Waals surface area contributed by atoms with Crippen LogP contribution in [0, 0.1) is 0 Å². The second-order valence-corrected chi connectivity index (χ2v) is 3.62. The normalized spacial score (nSPS) is 13.1. The number of aryl methyl sites for hydroxylation is 1. The standard InChI is InChI=1S/C11H20N2O/c1-10(12)11-6-5-8-13(11)7-3-4-9-14-2/h5-6,8,10H,3-4,7,9,12H2,1-2H3. The summed E-state index contributed by atoms with van der Waals surface area (Å²) in [6.07, 6.45) is 4.33. The molecule has 80 valence electrons. The number of aromatic nitrogens is 1. The zero-order valence-electron chi connectivity index (χ0n) is 9.07. The number of nitrogens with zero attached hydrogens (tertiary/aromatic N) is 1. The molecule has 1 heterocycles. The summed E-state index contributed by atoms with van der Waals surface area (Å²) >= 11 is 0. The lowest BCUT2D eigenvalue weighted by Gasteiger charge is -2.11. The Morgan fingerprint density at radius 3 is 2.93 bits per heavy atom. The molecule has 0 bridgehead atoms. The number of methoxy groups -OCH3 is 1. The van der Waals surface area contributed by atoms with E-state index in [-0.39, 0.29) is 6.04 Å². The molecule has 14 heavy (non-hydrogen) atoms. The highest BCUT2D eigenvalue weighted by Gasteiger charge is 2.04. The Kier molecular flexibility index (Phi) is 4.70. The molecule has 0 aliphatic heterocycles. The highest BCUT2D eigenvalue weighted by Crippen LogP contribution is 2.11. The van der Waals surface area contributed by atoms with Crippen molar-refractivity contribution in [1.82, 2.24) is 4.57 Å². The highest BCUT2D eigenvalue weighted by atomic mass is 16.5. The van der Waals surface area contributed by atoms with Gasteiger partial charge in [0.05, 0.1) is 0 Å². The average molecular weight is 196 g/mol. The van der Waals surface area contributed by atoms with Gasteiger partial charge in [-0.1, -0.05) is 0 Å². The first-order valence-corrected chi connectivity index (χ1v) is 5.15. The van der Waals surface area contributed by atoms with Gasteiger partial charge >= 0.3 is 0 Å². The van der Waals surface area contributed by atoms with Gasteiger partial charge in [0, 0.05) is 38.2 Å². The monoisotopic (exact) mass is 196 g/mol. The Hall–Kier alpha value is -0.800.